The van der Waals surface area contributed by atoms with Crippen molar-refractivity contribution in [2.45, 2.75) is 5.41 Å². The Morgan fingerprint density at radius 2 is 0.871 bits per heavy atom. The quantitative estimate of drug-likeness (QED) is 0.166. The van der Waals surface area contributed by atoms with Crippen molar-refractivity contribution in [2.24, 2.45) is 0 Å². The first-order valence-electron chi connectivity index (χ1n) is 24.2. The first-order chi connectivity index (χ1) is 34.8. The third-order valence-electron chi connectivity index (χ3n) is 15.2. The lowest BCUT2D eigenvalue weighted by Gasteiger charge is -2.39. The highest BCUT2D eigenvalue weighted by Gasteiger charge is 2.51. The van der Waals surface area contributed by atoms with Crippen LogP contribution in [0.15, 0.2) is 259 Å². The highest BCUT2D eigenvalue weighted by molar-refractivity contribution is 6.14. The highest BCUT2D eigenvalue weighted by Crippen LogP contribution is 2.63. The van der Waals surface area contributed by atoms with E-state index in [2.05, 4.69) is 258 Å². The Kier molecular flexibility index (Phi) is 8.28. The molecule has 3 heterocycles. The van der Waals surface area contributed by atoms with Gasteiger partial charge in [-0.2, -0.15) is 0 Å². The lowest BCUT2D eigenvalue weighted by atomic mass is 9.65. The summed E-state index contributed by atoms with van der Waals surface area (Å²) in [5.41, 5.74) is 22.7. The Bertz CT molecular complexity index is 4250. The standard InChI is InChI=1S/C67H42N2O/c1-2-18-43(19-3-1)44-36-38-45(39-37-44)47-20-5-11-30-58(47)68(59-31-12-6-21-48(59)46-40-41-64-53(42-46)50-23-8-15-35-63(50)70-64)62-34-17-28-56-65(62)52-24-4-9-26-54(52)67(56)55-27-10-14-33-61(55)69-60-32-13-7-22-49(60)51-25-16-29-57(67)66(51)69/h1-42H. The number of nitrogens with zero attached hydrogens (tertiary/aromatic N) is 2. The number of fused-ring (bicyclic) bond motifs is 15. The predicted octanol–water partition coefficient (Wildman–Crippen LogP) is 17.8. The van der Waals surface area contributed by atoms with Gasteiger partial charge in [0, 0.05) is 38.2 Å². The fraction of sp³-hybridized carbons (Fsp3) is 0.0149. The molecule has 2 aliphatic rings. The van der Waals surface area contributed by atoms with Gasteiger partial charge in [0.2, 0.25) is 0 Å². The van der Waals surface area contributed by atoms with Crippen LogP contribution in [0.2, 0.25) is 0 Å². The second-order valence-corrected chi connectivity index (χ2v) is 18.7. The van der Waals surface area contributed by atoms with E-state index < -0.39 is 5.41 Å². The van der Waals surface area contributed by atoms with Crippen LogP contribution in [0.1, 0.15) is 22.3 Å². The van der Waals surface area contributed by atoms with E-state index in [1.54, 1.807) is 0 Å². The van der Waals surface area contributed by atoms with Crippen molar-refractivity contribution in [1.82, 2.24) is 4.57 Å². The molecular formula is C67H42N2O. The van der Waals surface area contributed by atoms with Crippen LogP contribution in [-0.4, -0.2) is 4.57 Å². The van der Waals surface area contributed by atoms with Crippen LogP contribution < -0.4 is 4.90 Å². The molecule has 13 aromatic rings. The van der Waals surface area contributed by atoms with E-state index in [9.17, 15) is 0 Å². The van der Waals surface area contributed by atoms with Gasteiger partial charge in [-0.15, -0.1) is 0 Å². The van der Waals surface area contributed by atoms with Gasteiger partial charge in [-0.25, -0.2) is 0 Å². The predicted molar refractivity (Wildman–Crippen MR) is 290 cm³/mol. The van der Waals surface area contributed by atoms with Gasteiger partial charge in [0.05, 0.1) is 39.2 Å². The highest BCUT2D eigenvalue weighted by atomic mass is 16.3. The molecule has 0 saturated carbocycles. The summed E-state index contributed by atoms with van der Waals surface area (Å²) >= 11 is 0. The van der Waals surface area contributed by atoms with E-state index in [0.29, 0.717) is 0 Å². The number of aromatic nitrogens is 1. The number of anilines is 3. The maximum absolute atomic E-state index is 6.37. The fourth-order valence-electron chi connectivity index (χ4n) is 12.4. The molecule has 0 radical (unpaired) electrons. The summed E-state index contributed by atoms with van der Waals surface area (Å²) in [5.74, 6) is 0. The molecule has 15 rings (SSSR count). The van der Waals surface area contributed by atoms with Gasteiger partial charge in [0.1, 0.15) is 11.2 Å². The van der Waals surface area contributed by atoms with Crippen LogP contribution in [0.5, 0.6) is 0 Å². The van der Waals surface area contributed by atoms with Crippen molar-refractivity contribution in [3.8, 4) is 50.2 Å². The topological polar surface area (TPSA) is 21.3 Å². The molecule has 70 heavy (non-hydrogen) atoms. The maximum Gasteiger partial charge on any atom is 0.135 e. The molecule has 11 aromatic carbocycles. The van der Waals surface area contributed by atoms with Crippen molar-refractivity contribution < 1.29 is 4.42 Å². The van der Waals surface area contributed by atoms with Crippen molar-refractivity contribution in [1.29, 1.82) is 0 Å². The summed E-state index contributed by atoms with van der Waals surface area (Å²) in [4.78, 5) is 2.55. The summed E-state index contributed by atoms with van der Waals surface area (Å²) in [5, 5.41) is 4.76. The van der Waals surface area contributed by atoms with Crippen molar-refractivity contribution in [3.05, 3.63) is 277 Å². The maximum atomic E-state index is 6.37. The molecule has 0 amide bonds. The summed E-state index contributed by atoms with van der Waals surface area (Å²) in [6.45, 7) is 0. The molecule has 2 aromatic heterocycles. The van der Waals surface area contributed by atoms with E-state index in [1.165, 1.54) is 72.0 Å². The minimum Gasteiger partial charge on any atom is -0.456 e. The minimum absolute atomic E-state index is 0.603. The number of benzene rings is 11. The Balaban J connectivity index is 1.03. The summed E-state index contributed by atoms with van der Waals surface area (Å²) in [6.07, 6.45) is 0. The van der Waals surface area contributed by atoms with Gasteiger partial charge < -0.3 is 13.9 Å². The van der Waals surface area contributed by atoms with Crippen LogP contribution in [-0.2, 0) is 5.41 Å². The molecule has 0 fully saturated rings. The smallest absolute Gasteiger partial charge is 0.135 e. The SMILES string of the molecule is c1ccc(-c2ccc(-c3ccccc3N(c3ccccc3-c3ccc4oc5ccccc5c4c3)c3cccc4c3-c3ccccc3C43c4ccccc4-n4c5ccccc5c5cccc3c54)cc2)cc1. The zero-order valence-corrected chi connectivity index (χ0v) is 38.1. The first-order valence-corrected chi connectivity index (χ1v) is 24.2. The van der Waals surface area contributed by atoms with E-state index in [4.69, 9.17) is 4.42 Å². The number of hydrogen-bond donors (Lipinski definition) is 0. The van der Waals surface area contributed by atoms with E-state index in [1.807, 2.05) is 6.07 Å². The van der Waals surface area contributed by atoms with Crippen molar-refractivity contribution in [2.75, 3.05) is 4.90 Å². The summed E-state index contributed by atoms with van der Waals surface area (Å²) in [7, 11) is 0. The fourth-order valence-corrected chi connectivity index (χ4v) is 12.4. The lowest BCUT2D eigenvalue weighted by Crippen LogP contribution is -2.33. The lowest BCUT2D eigenvalue weighted by molar-refractivity contribution is 0.669. The zero-order valence-electron chi connectivity index (χ0n) is 38.1. The molecule has 1 unspecified atom stereocenters. The monoisotopic (exact) mass is 890 g/mol. The molecule has 1 aliphatic heterocycles. The normalized spacial score (nSPS) is 14.3. The second kappa shape index (κ2) is 14.9. The molecule has 0 bridgehead atoms. The summed E-state index contributed by atoms with van der Waals surface area (Å²) in [6, 6.07) is 93.8. The first kappa shape index (κ1) is 38.9. The number of rotatable bonds is 6. The van der Waals surface area contributed by atoms with Crippen LogP contribution in [0.3, 0.4) is 0 Å². The Labute approximate surface area is 405 Å². The van der Waals surface area contributed by atoms with E-state index in [-0.39, 0.29) is 0 Å². The van der Waals surface area contributed by atoms with Crippen LogP contribution in [0.25, 0.3) is 93.9 Å². The second-order valence-electron chi connectivity index (χ2n) is 18.7. The number of hydrogen-bond acceptors (Lipinski definition) is 2. The third-order valence-corrected chi connectivity index (χ3v) is 15.2. The van der Waals surface area contributed by atoms with Crippen LogP contribution in [0.4, 0.5) is 17.1 Å². The molecule has 1 aliphatic carbocycles. The molecule has 0 saturated heterocycles. The zero-order chi connectivity index (χ0) is 45.9. The summed E-state index contributed by atoms with van der Waals surface area (Å²) < 4.78 is 8.89. The van der Waals surface area contributed by atoms with Gasteiger partial charge in [0.25, 0.3) is 0 Å². The minimum atomic E-state index is -0.603. The van der Waals surface area contributed by atoms with Gasteiger partial charge in [-0.05, 0) is 98.6 Å². The van der Waals surface area contributed by atoms with Gasteiger partial charge in [0.15, 0.2) is 0 Å². The Hall–Kier alpha value is -9.18. The number of para-hydroxylation sites is 6. The van der Waals surface area contributed by atoms with Gasteiger partial charge in [-0.1, -0.05) is 206 Å². The van der Waals surface area contributed by atoms with E-state index >= 15 is 0 Å². The third kappa shape index (κ3) is 5.34. The Morgan fingerprint density at radius 1 is 0.329 bits per heavy atom. The average Bonchev–Trinajstić information content (AvgIpc) is 4.09. The van der Waals surface area contributed by atoms with Crippen molar-refractivity contribution in [3.63, 3.8) is 0 Å². The molecule has 3 nitrogen and oxygen atoms in total. The molecule has 326 valence electrons. The molecular weight excluding hydrogens is 849 g/mol. The van der Waals surface area contributed by atoms with Crippen LogP contribution in [0, 0.1) is 0 Å². The number of furan rings is 1. The van der Waals surface area contributed by atoms with Crippen LogP contribution >= 0.6 is 0 Å². The molecule has 1 spiro atoms. The molecule has 3 heteroatoms. The van der Waals surface area contributed by atoms with E-state index in [0.717, 1.165) is 61.3 Å². The van der Waals surface area contributed by atoms with Gasteiger partial charge >= 0.3 is 0 Å². The Morgan fingerprint density at radius 3 is 1.70 bits per heavy atom. The average molecular weight is 891 g/mol. The van der Waals surface area contributed by atoms with Crippen molar-refractivity contribution >= 4 is 60.8 Å². The van der Waals surface area contributed by atoms with Gasteiger partial charge in [-0.3, -0.25) is 0 Å². The molecule has 0 N–H and O–H groups in total. The largest absolute Gasteiger partial charge is 0.456 e. The molecule has 1 atom stereocenters.